The zero-order chi connectivity index (χ0) is 13.4. The topological polar surface area (TPSA) is 64.6 Å². The van der Waals surface area contributed by atoms with Gasteiger partial charge in [-0.05, 0) is 11.8 Å². The van der Waals surface area contributed by atoms with Crippen LogP contribution in [-0.4, -0.2) is 38.7 Å². The molecule has 0 saturated heterocycles. The fraction of sp³-hybridized carbons (Fsp3) is 0.833. The molecule has 0 fully saturated rings. The lowest BCUT2D eigenvalue weighted by molar-refractivity contribution is -0.146. The number of rotatable bonds is 7. The summed E-state index contributed by atoms with van der Waals surface area (Å²) in [6.45, 7) is 6.17. The molecular formula is C12H23NO4. The Bertz CT molecular complexity index is 253. The number of amides is 1. The van der Waals surface area contributed by atoms with E-state index in [-0.39, 0.29) is 17.7 Å². The van der Waals surface area contributed by atoms with Crippen LogP contribution in [0.4, 0.5) is 0 Å². The van der Waals surface area contributed by atoms with Crippen molar-refractivity contribution in [3.8, 4) is 0 Å². The molecule has 0 aliphatic carbocycles. The highest BCUT2D eigenvalue weighted by Gasteiger charge is 2.25. The molecule has 2 atom stereocenters. The number of ether oxygens (including phenoxy) is 2. The van der Waals surface area contributed by atoms with Crippen LogP contribution in [-0.2, 0) is 19.1 Å². The average Bonchev–Trinajstić information content (AvgIpc) is 2.24. The van der Waals surface area contributed by atoms with Crippen LogP contribution < -0.4 is 5.32 Å². The molecule has 5 nitrogen and oxygen atoms in total. The van der Waals surface area contributed by atoms with Crippen molar-refractivity contribution in [2.24, 2.45) is 11.8 Å². The molecule has 2 unspecified atom stereocenters. The molecule has 0 heterocycles. The maximum Gasteiger partial charge on any atom is 0.328 e. The number of nitrogens with one attached hydrogen (secondary N) is 1. The molecule has 0 aromatic heterocycles. The molecule has 1 amide bonds. The molecule has 0 aliphatic rings. The lowest BCUT2D eigenvalue weighted by Crippen LogP contribution is -2.45. The Kier molecular flexibility index (Phi) is 7.54. The molecule has 0 radical (unpaired) electrons. The van der Waals surface area contributed by atoms with E-state index in [2.05, 4.69) is 10.1 Å². The molecule has 1 N–H and O–H groups in total. The Morgan fingerprint density at radius 2 is 1.76 bits per heavy atom. The summed E-state index contributed by atoms with van der Waals surface area (Å²) in [4.78, 5) is 23.1. The quantitative estimate of drug-likeness (QED) is 0.679. The summed E-state index contributed by atoms with van der Waals surface area (Å²) in [6, 6.07) is -0.581. The number of esters is 1. The number of methoxy groups -OCH3 is 2. The van der Waals surface area contributed by atoms with Crippen molar-refractivity contribution in [2.75, 3.05) is 20.8 Å². The van der Waals surface area contributed by atoms with E-state index in [0.29, 0.717) is 13.0 Å². The van der Waals surface area contributed by atoms with E-state index < -0.39 is 12.0 Å². The molecule has 0 bridgehead atoms. The van der Waals surface area contributed by atoms with Crippen molar-refractivity contribution in [1.29, 1.82) is 0 Å². The van der Waals surface area contributed by atoms with E-state index in [1.807, 2.05) is 20.8 Å². The highest BCUT2D eigenvalue weighted by Crippen LogP contribution is 2.06. The third-order valence-corrected chi connectivity index (χ3v) is 2.42. The summed E-state index contributed by atoms with van der Waals surface area (Å²) in [5, 5.41) is 2.69. The van der Waals surface area contributed by atoms with Gasteiger partial charge < -0.3 is 14.8 Å². The standard InChI is InChI=1S/C12H23NO4/c1-8(2)11(12(15)17-5)13-10(14)6-9(3)7-16-4/h8-9,11H,6-7H2,1-5H3,(H,13,14). The molecule has 0 aromatic carbocycles. The van der Waals surface area contributed by atoms with E-state index in [4.69, 9.17) is 4.74 Å². The van der Waals surface area contributed by atoms with E-state index in [0.717, 1.165) is 0 Å². The van der Waals surface area contributed by atoms with Gasteiger partial charge in [-0.25, -0.2) is 4.79 Å². The molecule has 100 valence electrons. The van der Waals surface area contributed by atoms with Crippen molar-refractivity contribution in [3.05, 3.63) is 0 Å². The zero-order valence-electron chi connectivity index (χ0n) is 11.3. The Balaban J connectivity index is 4.27. The van der Waals surface area contributed by atoms with E-state index in [1.54, 1.807) is 7.11 Å². The van der Waals surface area contributed by atoms with Gasteiger partial charge in [-0.15, -0.1) is 0 Å². The predicted octanol–water partition coefficient (Wildman–Crippen LogP) is 0.973. The van der Waals surface area contributed by atoms with Crippen molar-refractivity contribution in [3.63, 3.8) is 0 Å². The minimum Gasteiger partial charge on any atom is -0.467 e. The SMILES string of the molecule is COCC(C)CC(=O)NC(C(=O)OC)C(C)C. The van der Waals surface area contributed by atoms with Crippen molar-refractivity contribution < 1.29 is 19.1 Å². The highest BCUT2D eigenvalue weighted by atomic mass is 16.5. The second-order valence-corrected chi connectivity index (χ2v) is 4.58. The Labute approximate surface area is 103 Å². The van der Waals surface area contributed by atoms with Crippen LogP contribution in [0.3, 0.4) is 0 Å². The van der Waals surface area contributed by atoms with E-state index in [9.17, 15) is 9.59 Å². The second-order valence-electron chi connectivity index (χ2n) is 4.58. The number of carbonyl (C=O) groups excluding carboxylic acids is 2. The lowest BCUT2D eigenvalue weighted by Gasteiger charge is -2.20. The van der Waals surface area contributed by atoms with Crippen LogP contribution in [0, 0.1) is 11.8 Å². The number of carbonyl (C=O) groups is 2. The first-order valence-corrected chi connectivity index (χ1v) is 5.78. The van der Waals surface area contributed by atoms with Crippen molar-refractivity contribution in [1.82, 2.24) is 5.32 Å². The van der Waals surface area contributed by atoms with E-state index >= 15 is 0 Å². The smallest absolute Gasteiger partial charge is 0.328 e. The Morgan fingerprint density at radius 3 is 2.18 bits per heavy atom. The minimum absolute atomic E-state index is 0.00383. The molecule has 17 heavy (non-hydrogen) atoms. The second kappa shape index (κ2) is 8.06. The number of hydrogen-bond acceptors (Lipinski definition) is 4. The molecule has 0 rings (SSSR count). The van der Waals surface area contributed by atoms with Gasteiger partial charge in [-0.2, -0.15) is 0 Å². The van der Waals surface area contributed by atoms with Crippen LogP contribution in [0.1, 0.15) is 27.2 Å². The summed E-state index contributed by atoms with van der Waals surface area (Å²) in [6.07, 6.45) is 0.341. The van der Waals surface area contributed by atoms with Crippen LogP contribution >= 0.6 is 0 Å². The lowest BCUT2D eigenvalue weighted by atomic mass is 10.0. The van der Waals surface area contributed by atoms with Crippen molar-refractivity contribution >= 4 is 11.9 Å². The zero-order valence-corrected chi connectivity index (χ0v) is 11.3. The van der Waals surface area contributed by atoms with Gasteiger partial charge >= 0.3 is 5.97 Å². The van der Waals surface area contributed by atoms with Crippen molar-refractivity contribution in [2.45, 2.75) is 33.2 Å². The normalized spacial score (nSPS) is 14.2. The molecule has 0 saturated carbocycles. The van der Waals surface area contributed by atoms with Crippen LogP contribution in [0.25, 0.3) is 0 Å². The largest absolute Gasteiger partial charge is 0.467 e. The molecule has 0 aliphatic heterocycles. The minimum atomic E-state index is -0.581. The molecular weight excluding hydrogens is 222 g/mol. The van der Waals surface area contributed by atoms with Gasteiger partial charge in [0.05, 0.1) is 7.11 Å². The summed E-state index contributed by atoms with van der Waals surface area (Å²) in [5.41, 5.74) is 0. The van der Waals surface area contributed by atoms with Crippen LogP contribution in [0.15, 0.2) is 0 Å². The predicted molar refractivity (Wildman–Crippen MR) is 64.4 cm³/mol. The Morgan fingerprint density at radius 1 is 1.18 bits per heavy atom. The molecule has 5 heteroatoms. The monoisotopic (exact) mass is 245 g/mol. The molecule has 0 spiro atoms. The fourth-order valence-corrected chi connectivity index (χ4v) is 1.52. The summed E-state index contributed by atoms with van der Waals surface area (Å²) in [5.74, 6) is -0.430. The summed E-state index contributed by atoms with van der Waals surface area (Å²) >= 11 is 0. The van der Waals surface area contributed by atoms with Gasteiger partial charge in [-0.1, -0.05) is 20.8 Å². The van der Waals surface area contributed by atoms with Gasteiger partial charge in [0.15, 0.2) is 0 Å². The van der Waals surface area contributed by atoms with E-state index in [1.165, 1.54) is 7.11 Å². The third kappa shape index (κ3) is 6.26. The first-order valence-electron chi connectivity index (χ1n) is 5.78. The number of hydrogen-bond donors (Lipinski definition) is 1. The maximum absolute atomic E-state index is 11.7. The maximum atomic E-state index is 11.7. The first kappa shape index (κ1) is 15.9. The van der Waals surface area contributed by atoms with Gasteiger partial charge in [0.1, 0.15) is 6.04 Å². The first-order chi connectivity index (χ1) is 7.92. The third-order valence-electron chi connectivity index (χ3n) is 2.42. The molecule has 0 aromatic rings. The van der Waals surface area contributed by atoms with Gasteiger partial charge in [0.2, 0.25) is 5.91 Å². The summed E-state index contributed by atoms with van der Waals surface area (Å²) in [7, 11) is 2.91. The summed E-state index contributed by atoms with van der Waals surface area (Å²) < 4.78 is 9.60. The van der Waals surface area contributed by atoms with Gasteiger partial charge in [-0.3, -0.25) is 4.79 Å². The fourth-order valence-electron chi connectivity index (χ4n) is 1.52. The average molecular weight is 245 g/mol. The van der Waals surface area contributed by atoms with Crippen LogP contribution in [0.5, 0.6) is 0 Å². The Hall–Kier alpha value is -1.10. The highest BCUT2D eigenvalue weighted by molar-refractivity contribution is 5.84. The van der Waals surface area contributed by atoms with Gasteiger partial charge in [0.25, 0.3) is 0 Å². The van der Waals surface area contributed by atoms with Crippen LogP contribution in [0.2, 0.25) is 0 Å². The van der Waals surface area contributed by atoms with Gasteiger partial charge in [0, 0.05) is 20.1 Å².